The van der Waals surface area contributed by atoms with E-state index in [2.05, 4.69) is 66.6 Å². The molecule has 3 aromatic carbocycles. The number of ether oxygens (including phenoxy) is 1. The Kier molecular flexibility index (Phi) is 8.38. The fraction of sp³-hybridized carbons (Fsp3) is 0.207. The second kappa shape index (κ2) is 11.2. The molecule has 0 N–H and O–H groups in total. The number of thiophene rings is 1. The smallest absolute Gasteiger partial charge is 0.131 e. The largest absolute Gasteiger partial charge is 0.489 e. The van der Waals surface area contributed by atoms with Gasteiger partial charge in [0.25, 0.3) is 0 Å². The van der Waals surface area contributed by atoms with E-state index in [0.717, 1.165) is 16.9 Å². The minimum atomic E-state index is -0.0626. The molecule has 1 aromatic heterocycles. The van der Waals surface area contributed by atoms with Crippen molar-refractivity contribution >= 4 is 40.7 Å². The lowest BCUT2D eigenvalue weighted by atomic mass is 9.94. The third kappa shape index (κ3) is 5.87. The van der Waals surface area contributed by atoms with E-state index in [-0.39, 0.29) is 25.2 Å². The molecule has 2 nitrogen and oxygen atoms in total. The first-order valence-electron chi connectivity index (χ1n) is 10.8. The molecule has 0 aliphatic rings. The molecule has 1 atom stereocenters. The quantitative estimate of drug-likeness (QED) is 0.258. The molecule has 0 bridgehead atoms. The minimum Gasteiger partial charge on any atom is -0.489 e. The molecule has 168 valence electrons. The van der Waals surface area contributed by atoms with Gasteiger partial charge in [0.2, 0.25) is 0 Å². The van der Waals surface area contributed by atoms with E-state index < -0.39 is 0 Å². The molecule has 0 saturated carbocycles. The third-order valence-corrected chi connectivity index (χ3v) is 6.53. The summed E-state index contributed by atoms with van der Waals surface area (Å²) < 4.78 is 7.35. The van der Waals surface area contributed by atoms with Crippen LogP contribution in [0.5, 0.6) is 5.75 Å². The summed E-state index contributed by atoms with van der Waals surface area (Å²) in [6.45, 7) is 6.07. The minimum absolute atomic E-state index is 0. The average molecular weight is 473 g/mol. The van der Waals surface area contributed by atoms with Gasteiger partial charge in [0.1, 0.15) is 18.1 Å². The summed E-state index contributed by atoms with van der Waals surface area (Å²) in [6.07, 6.45) is 0.435. The van der Waals surface area contributed by atoms with E-state index in [9.17, 15) is 4.79 Å². The molecule has 0 aliphatic carbocycles. The molecule has 0 radical (unpaired) electrons. The summed E-state index contributed by atoms with van der Waals surface area (Å²) in [5.74, 6) is 6.96. The van der Waals surface area contributed by atoms with Crippen molar-refractivity contribution in [2.24, 2.45) is 0 Å². The van der Waals surface area contributed by atoms with Crippen LogP contribution < -0.4 is 4.74 Å². The Balaban J connectivity index is 0.00000306. The second-order valence-electron chi connectivity index (χ2n) is 8.01. The van der Waals surface area contributed by atoms with Gasteiger partial charge in [0, 0.05) is 22.1 Å². The van der Waals surface area contributed by atoms with Crippen molar-refractivity contribution in [3.8, 4) is 28.7 Å². The number of aryl methyl sites for hydroxylation is 1. The average Bonchev–Trinajstić information content (AvgIpc) is 3.21. The first kappa shape index (κ1) is 24.6. The number of carbonyl (C=O) groups excluding carboxylic acids is 1. The maximum absolute atomic E-state index is 11.5. The summed E-state index contributed by atoms with van der Waals surface area (Å²) in [7, 11) is 0. The Morgan fingerprint density at radius 2 is 1.79 bits per heavy atom. The van der Waals surface area contributed by atoms with Gasteiger partial charge in [-0.15, -0.1) is 17.3 Å². The monoisotopic (exact) mass is 472 g/mol. The molecule has 0 fully saturated rings. The molecule has 33 heavy (non-hydrogen) atoms. The topological polar surface area (TPSA) is 26.3 Å². The zero-order chi connectivity index (χ0) is 22.5. The van der Waals surface area contributed by atoms with Crippen LogP contribution in [0.2, 0.25) is 0 Å². The number of carbonyl (C=O) groups is 1. The lowest BCUT2D eigenvalue weighted by Crippen LogP contribution is -2.02. The molecular formula is C29H28O2S2. The molecule has 0 aliphatic heterocycles. The molecule has 1 heterocycles. The van der Waals surface area contributed by atoms with Crippen LogP contribution in [-0.2, 0) is 11.4 Å². The van der Waals surface area contributed by atoms with Gasteiger partial charge in [0.15, 0.2) is 0 Å². The van der Waals surface area contributed by atoms with Gasteiger partial charge in [0.05, 0.1) is 5.92 Å². The summed E-state index contributed by atoms with van der Waals surface area (Å²) >= 11 is 1.78. The van der Waals surface area contributed by atoms with Crippen molar-refractivity contribution in [1.29, 1.82) is 0 Å². The first-order valence-corrected chi connectivity index (χ1v) is 11.6. The van der Waals surface area contributed by atoms with Crippen molar-refractivity contribution < 1.29 is 9.53 Å². The number of ketones is 1. The van der Waals surface area contributed by atoms with Gasteiger partial charge in [-0.2, -0.15) is 13.5 Å². The van der Waals surface area contributed by atoms with E-state index in [4.69, 9.17) is 4.74 Å². The fourth-order valence-electron chi connectivity index (χ4n) is 3.93. The predicted molar refractivity (Wildman–Crippen MR) is 145 cm³/mol. The number of Topliss-reactive ketones (excluding diaryl/α,β-unsaturated/α-hetero) is 1. The zero-order valence-electron chi connectivity index (χ0n) is 19.1. The number of fused-ring (bicyclic) bond motifs is 1. The maximum atomic E-state index is 11.5. The van der Waals surface area contributed by atoms with E-state index in [1.165, 1.54) is 26.8 Å². The van der Waals surface area contributed by atoms with Crippen LogP contribution >= 0.6 is 24.8 Å². The Hall–Kier alpha value is -3.00. The SMILES string of the molecule is CC#CC(CC(C)=O)c1ccc(OCc2ccc3scc(-c4ccccc4C)c3c2)cc1.S. The van der Waals surface area contributed by atoms with Crippen molar-refractivity contribution in [3.05, 3.63) is 88.8 Å². The van der Waals surface area contributed by atoms with E-state index in [0.29, 0.717) is 13.0 Å². The number of rotatable bonds is 7. The lowest BCUT2D eigenvalue weighted by molar-refractivity contribution is -0.117. The molecular weight excluding hydrogens is 444 g/mol. The Morgan fingerprint density at radius 3 is 2.48 bits per heavy atom. The first-order chi connectivity index (χ1) is 15.5. The van der Waals surface area contributed by atoms with Gasteiger partial charge in [-0.25, -0.2) is 0 Å². The lowest BCUT2D eigenvalue weighted by Gasteiger charge is -2.11. The second-order valence-corrected chi connectivity index (χ2v) is 8.92. The highest BCUT2D eigenvalue weighted by atomic mass is 32.1. The van der Waals surface area contributed by atoms with Gasteiger partial charge in [-0.3, -0.25) is 4.79 Å². The van der Waals surface area contributed by atoms with Crippen LogP contribution in [0.15, 0.2) is 72.1 Å². The Bertz CT molecular complexity index is 1310. The molecule has 4 heteroatoms. The number of hydrogen-bond acceptors (Lipinski definition) is 3. The molecule has 0 amide bonds. The fourth-order valence-corrected chi connectivity index (χ4v) is 4.87. The van der Waals surface area contributed by atoms with Crippen LogP contribution in [0.25, 0.3) is 21.2 Å². The predicted octanol–water partition coefficient (Wildman–Crippen LogP) is 7.65. The molecule has 4 rings (SSSR count). The van der Waals surface area contributed by atoms with Gasteiger partial charge >= 0.3 is 0 Å². The zero-order valence-corrected chi connectivity index (χ0v) is 21.0. The normalized spacial score (nSPS) is 11.2. The summed E-state index contributed by atoms with van der Waals surface area (Å²) in [6, 6.07) is 23.0. The van der Waals surface area contributed by atoms with Crippen molar-refractivity contribution in [2.75, 3.05) is 0 Å². The summed E-state index contributed by atoms with van der Waals surface area (Å²) in [5, 5.41) is 3.51. The van der Waals surface area contributed by atoms with E-state index in [1.54, 1.807) is 25.2 Å². The molecule has 1 unspecified atom stereocenters. The Labute approximate surface area is 207 Å². The Morgan fingerprint density at radius 1 is 1.03 bits per heavy atom. The van der Waals surface area contributed by atoms with Crippen LogP contribution in [0.4, 0.5) is 0 Å². The van der Waals surface area contributed by atoms with Gasteiger partial charge in [-0.05, 0) is 72.7 Å². The number of hydrogen-bond donors (Lipinski definition) is 0. The molecule has 0 saturated heterocycles. The summed E-state index contributed by atoms with van der Waals surface area (Å²) in [4.78, 5) is 11.5. The van der Waals surface area contributed by atoms with Crippen molar-refractivity contribution in [1.82, 2.24) is 0 Å². The van der Waals surface area contributed by atoms with Crippen LogP contribution in [0, 0.1) is 18.8 Å². The molecule has 0 spiro atoms. The van der Waals surface area contributed by atoms with E-state index in [1.807, 2.05) is 24.3 Å². The standard InChI is InChI=1S/C29H26O2S.H2S/c1-4-7-24(16-21(3)30)23-11-13-25(14-12-23)31-18-22-10-15-29-27(17-22)28(19-32-29)26-9-6-5-8-20(26)2;/h5-6,8-15,17,19,24H,16,18H2,1-3H3;1H2. The highest BCUT2D eigenvalue weighted by Gasteiger charge is 2.12. The maximum Gasteiger partial charge on any atom is 0.131 e. The van der Waals surface area contributed by atoms with E-state index >= 15 is 0 Å². The van der Waals surface area contributed by atoms with Gasteiger partial charge < -0.3 is 4.74 Å². The molecule has 4 aromatic rings. The van der Waals surface area contributed by atoms with Crippen LogP contribution in [0.1, 0.15) is 42.9 Å². The highest BCUT2D eigenvalue weighted by molar-refractivity contribution is 7.59. The van der Waals surface area contributed by atoms with Crippen molar-refractivity contribution in [3.63, 3.8) is 0 Å². The van der Waals surface area contributed by atoms with Crippen LogP contribution in [-0.4, -0.2) is 5.78 Å². The number of benzene rings is 3. The van der Waals surface area contributed by atoms with Crippen LogP contribution in [0.3, 0.4) is 0 Å². The van der Waals surface area contributed by atoms with Gasteiger partial charge in [-0.1, -0.05) is 48.4 Å². The van der Waals surface area contributed by atoms with Crippen molar-refractivity contribution in [2.45, 2.75) is 39.7 Å². The highest BCUT2D eigenvalue weighted by Crippen LogP contribution is 2.36. The summed E-state index contributed by atoms with van der Waals surface area (Å²) in [5.41, 5.74) is 6.03. The third-order valence-electron chi connectivity index (χ3n) is 5.57.